The van der Waals surface area contributed by atoms with E-state index in [1.807, 2.05) is 0 Å². The van der Waals surface area contributed by atoms with Gasteiger partial charge < -0.3 is 14.8 Å². The molecule has 32 heavy (non-hydrogen) atoms. The molecule has 1 amide bonds. The Morgan fingerprint density at radius 2 is 2.00 bits per heavy atom. The molecule has 0 fully saturated rings. The maximum atomic E-state index is 13.0. The van der Waals surface area contributed by atoms with Gasteiger partial charge in [0.05, 0.1) is 31.0 Å². The summed E-state index contributed by atoms with van der Waals surface area (Å²) in [6, 6.07) is 0. The Morgan fingerprint density at radius 1 is 1.22 bits per heavy atom. The second kappa shape index (κ2) is 8.83. The lowest BCUT2D eigenvalue weighted by atomic mass is 10.1. The van der Waals surface area contributed by atoms with Crippen LogP contribution in [-0.4, -0.2) is 41.1 Å². The quantitative estimate of drug-likeness (QED) is 0.545. The summed E-state index contributed by atoms with van der Waals surface area (Å²) in [5.74, 6) is -1.45. The molecule has 0 bridgehead atoms. The van der Waals surface area contributed by atoms with Crippen molar-refractivity contribution in [1.29, 1.82) is 0 Å². The second-order valence-corrected chi connectivity index (χ2v) is 9.34. The standard InChI is InChI=1S/C21H21N3O6S2/c1-4-30-21(28)16-10(2)14-17(32-16)22-9-24(19(14)26)8-13(25)23-18-15(20(27)29-3)11-6-5-7-12(11)31-18/h9H,4-8H2,1-3H3,(H,23,25). The number of anilines is 1. The lowest BCUT2D eigenvalue weighted by Gasteiger charge is -2.08. The Morgan fingerprint density at radius 3 is 2.72 bits per heavy atom. The molecule has 3 aromatic heterocycles. The van der Waals surface area contributed by atoms with Crippen LogP contribution in [0.4, 0.5) is 5.00 Å². The van der Waals surface area contributed by atoms with Crippen molar-refractivity contribution in [1.82, 2.24) is 9.55 Å². The highest BCUT2D eigenvalue weighted by atomic mass is 32.1. The Kier molecular flexibility index (Phi) is 6.11. The third kappa shape index (κ3) is 3.82. The van der Waals surface area contributed by atoms with E-state index in [2.05, 4.69) is 10.3 Å². The molecule has 0 saturated heterocycles. The number of esters is 2. The minimum absolute atomic E-state index is 0.226. The normalized spacial score (nSPS) is 12.6. The van der Waals surface area contributed by atoms with Gasteiger partial charge in [0.25, 0.3) is 5.56 Å². The molecule has 11 heteroatoms. The number of ether oxygens (including phenoxy) is 2. The maximum Gasteiger partial charge on any atom is 0.348 e. The Bertz CT molecular complexity index is 1300. The minimum Gasteiger partial charge on any atom is -0.465 e. The van der Waals surface area contributed by atoms with Crippen molar-refractivity contribution in [3.8, 4) is 0 Å². The van der Waals surface area contributed by atoms with Crippen LogP contribution >= 0.6 is 22.7 Å². The van der Waals surface area contributed by atoms with E-state index in [0.717, 1.165) is 41.0 Å². The van der Waals surface area contributed by atoms with E-state index in [9.17, 15) is 19.2 Å². The number of thiophene rings is 2. The summed E-state index contributed by atoms with van der Waals surface area (Å²) < 4.78 is 11.1. The fourth-order valence-corrected chi connectivity index (χ4v) is 6.12. The molecule has 0 aliphatic heterocycles. The van der Waals surface area contributed by atoms with Gasteiger partial charge in [-0.05, 0) is 44.2 Å². The third-order valence-corrected chi connectivity index (χ3v) is 7.64. The topological polar surface area (TPSA) is 117 Å². The van der Waals surface area contributed by atoms with Crippen LogP contribution in [0.25, 0.3) is 10.2 Å². The van der Waals surface area contributed by atoms with Crippen LogP contribution in [-0.2, 0) is 33.7 Å². The Labute approximate surface area is 191 Å². The Balaban J connectivity index is 1.61. The van der Waals surface area contributed by atoms with Crippen molar-refractivity contribution < 1.29 is 23.9 Å². The van der Waals surface area contributed by atoms with E-state index < -0.39 is 23.4 Å². The summed E-state index contributed by atoms with van der Waals surface area (Å²) in [7, 11) is 1.31. The molecule has 0 saturated carbocycles. The highest BCUT2D eigenvalue weighted by Crippen LogP contribution is 2.39. The van der Waals surface area contributed by atoms with Crippen LogP contribution in [0.15, 0.2) is 11.1 Å². The number of nitrogens with zero attached hydrogens (tertiary/aromatic N) is 2. The molecule has 9 nitrogen and oxygen atoms in total. The van der Waals surface area contributed by atoms with Gasteiger partial charge in [-0.15, -0.1) is 22.7 Å². The first kappa shape index (κ1) is 22.2. The number of amides is 1. The van der Waals surface area contributed by atoms with E-state index >= 15 is 0 Å². The number of carbonyl (C=O) groups excluding carboxylic acids is 3. The molecule has 3 heterocycles. The zero-order valence-electron chi connectivity index (χ0n) is 17.8. The molecule has 0 spiro atoms. The Hall–Kier alpha value is -3.05. The van der Waals surface area contributed by atoms with Gasteiger partial charge in [0.1, 0.15) is 21.3 Å². The van der Waals surface area contributed by atoms with Gasteiger partial charge in [0.15, 0.2) is 0 Å². The van der Waals surface area contributed by atoms with Gasteiger partial charge in [0, 0.05) is 4.88 Å². The van der Waals surface area contributed by atoms with Crippen molar-refractivity contribution in [3.05, 3.63) is 43.1 Å². The van der Waals surface area contributed by atoms with E-state index in [1.54, 1.807) is 13.8 Å². The van der Waals surface area contributed by atoms with Crippen LogP contribution < -0.4 is 10.9 Å². The van der Waals surface area contributed by atoms with Gasteiger partial charge in [0.2, 0.25) is 5.91 Å². The van der Waals surface area contributed by atoms with Crippen LogP contribution in [0.5, 0.6) is 0 Å². The molecular weight excluding hydrogens is 454 g/mol. The molecule has 4 rings (SSSR count). The average molecular weight is 476 g/mol. The summed E-state index contributed by atoms with van der Waals surface area (Å²) >= 11 is 2.45. The largest absolute Gasteiger partial charge is 0.465 e. The fourth-order valence-electron chi connectivity index (χ4n) is 3.79. The number of nitrogens with one attached hydrogen (secondary N) is 1. The predicted octanol–water partition coefficient (Wildman–Crippen LogP) is 2.92. The summed E-state index contributed by atoms with van der Waals surface area (Å²) in [5, 5.41) is 3.48. The average Bonchev–Trinajstić information content (AvgIpc) is 3.43. The first-order valence-corrected chi connectivity index (χ1v) is 11.7. The first-order chi connectivity index (χ1) is 15.3. The zero-order valence-corrected chi connectivity index (χ0v) is 19.4. The highest BCUT2D eigenvalue weighted by Gasteiger charge is 2.28. The number of aromatic nitrogens is 2. The van der Waals surface area contributed by atoms with Gasteiger partial charge in [-0.2, -0.15) is 0 Å². The molecule has 1 N–H and O–H groups in total. The van der Waals surface area contributed by atoms with E-state index in [-0.39, 0.29) is 13.2 Å². The number of rotatable bonds is 6. The highest BCUT2D eigenvalue weighted by molar-refractivity contribution is 7.20. The van der Waals surface area contributed by atoms with Crippen molar-refractivity contribution in [3.63, 3.8) is 0 Å². The van der Waals surface area contributed by atoms with Crippen molar-refractivity contribution in [2.75, 3.05) is 19.0 Å². The number of aryl methyl sites for hydroxylation is 2. The molecule has 0 aromatic carbocycles. The summed E-state index contributed by atoms with van der Waals surface area (Å²) in [5.41, 5.74) is 1.39. The summed E-state index contributed by atoms with van der Waals surface area (Å²) in [6.07, 6.45) is 3.88. The van der Waals surface area contributed by atoms with Gasteiger partial charge >= 0.3 is 11.9 Å². The van der Waals surface area contributed by atoms with Crippen LogP contribution in [0.2, 0.25) is 0 Å². The molecule has 1 aliphatic rings. The van der Waals surface area contributed by atoms with E-state index in [1.165, 1.54) is 29.3 Å². The van der Waals surface area contributed by atoms with Crippen LogP contribution in [0, 0.1) is 6.92 Å². The molecule has 1 aliphatic carbocycles. The number of methoxy groups -OCH3 is 1. The molecule has 168 valence electrons. The molecular formula is C21H21N3O6S2. The molecule has 3 aromatic rings. The van der Waals surface area contributed by atoms with Crippen molar-refractivity contribution >= 4 is 55.7 Å². The smallest absolute Gasteiger partial charge is 0.348 e. The molecule has 0 unspecified atom stereocenters. The van der Waals surface area contributed by atoms with Crippen LogP contribution in [0.1, 0.15) is 49.4 Å². The van der Waals surface area contributed by atoms with E-state index in [0.29, 0.717) is 31.2 Å². The first-order valence-electron chi connectivity index (χ1n) is 10.0. The lowest BCUT2D eigenvalue weighted by molar-refractivity contribution is -0.116. The van der Waals surface area contributed by atoms with Crippen LogP contribution in [0.3, 0.4) is 0 Å². The van der Waals surface area contributed by atoms with Gasteiger partial charge in [-0.3, -0.25) is 14.2 Å². The maximum absolute atomic E-state index is 13.0. The lowest BCUT2D eigenvalue weighted by Crippen LogP contribution is -2.28. The number of hydrogen-bond donors (Lipinski definition) is 1. The second-order valence-electron chi connectivity index (χ2n) is 7.24. The summed E-state index contributed by atoms with van der Waals surface area (Å²) in [4.78, 5) is 56.2. The monoisotopic (exact) mass is 475 g/mol. The molecule has 0 atom stereocenters. The fraction of sp³-hybridized carbons (Fsp3) is 0.381. The number of fused-ring (bicyclic) bond motifs is 2. The zero-order chi connectivity index (χ0) is 23.0. The van der Waals surface area contributed by atoms with E-state index in [4.69, 9.17) is 9.47 Å². The molecule has 0 radical (unpaired) electrons. The number of hydrogen-bond acceptors (Lipinski definition) is 9. The number of carbonyl (C=O) groups is 3. The SMILES string of the molecule is CCOC(=O)c1sc2ncn(CC(=O)Nc3sc4c(c3C(=O)OC)CCC4)c(=O)c2c1C. The summed E-state index contributed by atoms with van der Waals surface area (Å²) in [6.45, 7) is 3.31. The minimum atomic E-state index is -0.502. The van der Waals surface area contributed by atoms with Gasteiger partial charge in [-0.1, -0.05) is 0 Å². The van der Waals surface area contributed by atoms with Gasteiger partial charge in [-0.25, -0.2) is 14.6 Å². The van der Waals surface area contributed by atoms with Crippen molar-refractivity contribution in [2.45, 2.75) is 39.7 Å². The third-order valence-electron chi connectivity index (χ3n) is 5.26. The predicted molar refractivity (Wildman–Crippen MR) is 121 cm³/mol. The van der Waals surface area contributed by atoms with Crippen molar-refractivity contribution in [2.24, 2.45) is 0 Å².